The minimum Gasteiger partial charge on any atom is -0.479 e. The number of aliphatic hydroxyl groups is 1. The Kier molecular flexibility index (Phi) is 10.1. The predicted molar refractivity (Wildman–Crippen MR) is 103 cm³/mol. The first-order chi connectivity index (χ1) is 15.7. The Morgan fingerprint density at radius 1 is 0.912 bits per heavy atom. The summed E-state index contributed by atoms with van der Waals surface area (Å²) in [6.45, 7) is -0.973. The number of aliphatic hydroxyl groups excluding tert-OH is 1. The second-order valence-electron chi connectivity index (χ2n) is 7.11. The summed E-state index contributed by atoms with van der Waals surface area (Å²) in [5.74, 6) is -1.36. The summed E-state index contributed by atoms with van der Waals surface area (Å²) in [5.41, 5.74) is 0. The van der Waals surface area contributed by atoms with Crippen LogP contribution in [0.4, 0.5) is 0 Å². The Labute approximate surface area is 194 Å². The van der Waals surface area contributed by atoms with Gasteiger partial charge in [0.25, 0.3) is 0 Å². The van der Waals surface area contributed by atoms with E-state index in [9.17, 15) is 31.8 Å². The van der Waals surface area contributed by atoms with Crippen LogP contribution < -0.4 is 0 Å². The maximum absolute atomic E-state index is 11.5. The number of carboxylic acids is 1. The highest BCUT2D eigenvalue weighted by atomic mass is 32.3. The molecule has 2 heterocycles. The van der Waals surface area contributed by atoms with E-state index in [1.807, 2.05) is 0 Å². The summed E-state index contributed by atoms with van der Waals surface area (Å²) in [4.78, 5) is 11.5. The molecular weight excluding hydrogens is 516 g/mol. The second kappa shape index (κ2) is 11.8. The minimum atomic E-state index is -5.15. The Hall–Kier alpha value is -1.07. The molecule has 200 valence electrons. The van der Waals surface area contributed by atoms with E-state index in [4.69, 9.17) is 37.5 Å². The molecule has 0 bridgehead atoms. The summed E-state index contributed by atoms with van der Waals surface area (Å²) in [6, 6.07) is 0. The van der Waals surface area contributed by atoms with Gasteiger partial charge in [0, 0.05) is 27.8 Å². The van der Waals surface area contributed by atoms with Crippen molar-refractivity contribution in [2.24, 2.45) is 0 Å². The SMILES string of the molecule is CO[C@@H]1[C@@H](OS(=O)(=O)O)[C@@H](O)O[C@H](COS(=O)(=O)O)[C@H]1O[C@@H]1O[C@@H](C(=O)O)C[C@H](OC)[C@H]1OC. The molecule has 0 aromatic heterocycles. The zero-order chi connectivity index (χ0) is 25.8. The van der Waals surface area contributed by atoms with Crippen molar-refractivity contribution in [2.75, 3.05) is 27.9 Å². The maximum atomic E-state index is 11.5. The number of ether oxygens (including phenoxy) is 6. The van der Waals surface area contributed by atoms with Crippen LogP contribution in [0.1, 0.15) is 6.42 Å². The number of carboxylic acid groups (broad SMARTS) is 1. The van der Waals surface area contributed by atoms with Gasteiger partial charge in [-0.05, 0) is 0 Å². The largest absolute Gasteiger partial charge is 0.479 e. The standard InChI is InChI=1S/C15H26O17S2/c1-25-6-4-7(13(16)17)30-15(10(6)26-2)31-9-8(5-28-33(19,20)21)29-14(18)12(11(9)27-3)32-34(22,23)24/h6-12,14-15,18H,4-5H2,1-3H3,(H,16,17)(H,19,20,21)(H,22,23,24)/t6-,7+,8+,9+,10+,11-,12+,14-,15-/m0/s1. The van der Waals surface area contributed by atoms with Crippen molar-refractivity contribution in [1.29, 1.82) is 0 Å². The highest BCUT2D eigenvalue weighted by Gasteiger charge is 2.53. The quantitative estimate of drug-likeness (QED) is 0.195. The van der Waals surface area contributed by atoms with Crippen LogP contribution in [0, 0.1) is 0 Å². The average Bonchev–Trinajstić information content (AvgIpc) is 2.72. The van der Waals surface area contributed by atoms with Gasteiger partial charge in [-0.3, -0.25) is 9.11 Å². The molecule has 0 radical (unpaired) electrons. The van der Waals surface area contributed by atoms with Crippen molar-refractivity contribution in [1.82, 2.24) is 0 Å². The molecule has 2 aliphatic rings. The van der Waals surface area contributed by atoms with Crippen LogP contribution >= 0.6 is 0 Å². The summed E-state index contributed by atoms with van der Waals surface area (Å²) in [5, 5.41) is 19.5. The van der Waals surface area contributed by atoms with Crippen LogP contribution in [0.25, 0.3) is 0 Å². The zero-order valence-electron chi connectivity index (χ0n) is 18.0. The summed E-state index contributed by atoms with van der Waals surface area (Å²) >= 11 is 0. The minimum absolute atomic E-state index is 0.123. The van der Waals surface area contributed by atoms with Crippen LogP contribution in [0.5, 0.6) is 0 Å². The number of rotatable bonds is 11. The van der Waals surface area contributed by atoms with Crippen molar-refractivity contribution in [3.8, 4) is 0 Å². The second-order valence-corrected chi connectivity index (χ2v) is 9.25. The molecule has 2 rings (SSSR count). The first-order valence-electron chi connectivity index (χ1n) is 9.43. The molecule has 9 atom stereocenters. The number of hydrogen-bond acceptors (Lipinski definition) is 14. The molecule has 0 amide bonds. The van der Waals surface area contributed by atoms with Gasteiger partial charge in [0.2, 0.25) is 0 Å². The van der Waals surface area contributed by atoms with Gasteiger partial charge < -0.3 is 38.6 Å². The molecular formula is C15H26O17S2. The third kappa shape index (κ3) is 7.71. The molecule has 0 saturated carbocycles. The molecule has 0 aliphatic carbocycles. The Balaban J connectivity index is 2.41. The van der Waals surface area contributed by atoms with E-state index >= 15 is 0 Å². The lowest BCUT2D eigenvalue weighted by Crippen LogP contribution is -2.64. The fourth-order valence-corrected chi connectivity index (χ4v) is 4.38. The average molecular weight is 542 g/mol. The van der Waals surface area contributed by atoms with E-state index in [1.165, 1.54) is 14.2 Å². The van der Waals surface area contributed by atoms with E-state index in [0.29, 0.717) is 0 Å². The molecule has 0 aromatic carbocycles. The lowest BCUT2D eigenvalue weighted by atomic mass is 9.97. The molecule has 2 saturated heterocycles. The third-order valence-electron chi connectivity index (χ3n) is 5.02. The normalized spacial score (nSPS) is 37.4. The molecule has 19 heteroatoms. The van der Waals surface area contributed by atoms with Gasteiger partial charge in [0.05, 0.1) is 12.7 Å². The number of hydrogen-bond donors (Lipinski definition) is 4. The van der Waals surface area contributed by atoms with E-state index in [2.05, 4.69) is 8.37 Å². The first-order valence-corrected chi connectivity index (χ1v) is 12.2. The lowest BCUT2D eigenvalue weighted by Gasteiger charge is -2.46. The van der Waals surface area contributed by atoms with Gasteiger partial charge >= 0.3 is 26.8 Å². The molecule has 2 aliphatic heterocycles. The van der Waals surface area contributed by atoms with Crippen molar-refractivity contribution in [2.45, 2.75) is 61.7 Å². The molecule has 4 N–H and O–H groups in total. The smallest absolute Gasteiger partial charge is 0.397 e. The Bertz CT molecular complexity index is 891. The first kappa shape index (κ1) is 29.2. The van der Waals surface area contributed by atoms with E-state index in [0.717, 1.165) is 7.11 Å². The summed E-state index contributed by atoms with van der Waals surface area (Å²) in [6.07, 6.45) is -13.8. The predicted octanol–water partition coefficient (Wildman–Crippen LogP) is -2.66. The molecule has 0 spiro atoms. The van der Waals surface area contributed by atoms with Crippen LogP contribution in [0.3, 0.4) is 0 Å². The number of aliphatic carboxylic acids is 1. The maximum Gasteiger partial charge on any atom is 0.397 e. The van der Waals surface area contributed by atoms with Crippen LogP contribution in [-0.4, -0.2) is 125 Å². The Morgan fingerprint density at radius 2 is 1.53 bits per heavy atom. The topological polar surface area (TPSA) is 240 Å². The van der Waals surface area contributed by atoms with E-state index < -0.39 is 88.7 Å². The third-order valence-corrected chi connectivity index (χ3v) is 5.92. The van der Waals surface area contributed by atoms with Crippen molar-refractivity contribution in [3.63, 3.8) is 0 Å². The molecule has 0 aromatic rings. The molecule has 17 nitrogen and oxygen atoms in total. The molecule has 2 fully saturated rings. The van der Waals surface area contributed by atoms with Crippen LogP contribution in [0.2, 0.25) is 0 Å². The van der Waals surface area contributed by atoms with Gasteiger partial charge in [-0.15, -0.1) is 0 Å². The van der Waals surface area contributed by atoms with Gasteiger partial charge in [-0.2, -0.15) is 16.8 Å². The number of methoxy groups -OCH3 is 3. The summed E-state index contributed by atoms with van der Waals surface area (Å²) in [7, 11) is -6.58. The van der Waals surface area contributed by atoms with E-state index in [1.54, 1.807) is 0 Å². The highest BCUT2D eigenvalue weighted by Crippen LogP contribution is 2.33. The lowest BCUT2D eigenvalue weighted by molar-refractivity contribution is -0.343. The zero-order valence-corrected chi connectivity index (χ0v) is 19.7. The monoisotopic (exact) mass is 542 g/mol. The van der Waals surface area contributed by atoms with Crippen molar-refractivity contribution >= 4 is 26.8 Å². The van der Waals surface area contributed by atoms with Crippen LogP contribution in [0.15, 0.2) is 0 Å². The van der Waals surface area contributed by atoms with Crippen LogP contribution in [-0.2, 0) is 62.4 Å². The van der Waals surface area contributed by atoms with Gasteiger partial charge in [-0.1, -0.05) is 0 Å². The highest BCUT2D eigenvalue weighted by molar-refractivity contribution is 7.81. The number of carbonyl (C=O) groups is 1. The summed E-state index contributed by atoms with van der Waals surface area (Å²) < 4.78 is 103. The fourth-order valence-electron chi connectivity index (χ4n) is 3.59. The van der Waals surface area contributed by atoms with Crippen molar-refractivity contribution < 1.29 is 77.7 Å². The fraction of sp³-hybridized carbons (Fsp3) is 0.933. The van der Waals surface area contributed by atoms with Gasteiger partial charge in [0.15, 0.2) is 24.8 Å². The Morgan fingerprint density at radius 3 is 2.00 bits per heavy atom. The van der Waals surface area contributed by atoms with E-state index in [-0.39, 0.29) is 6.42 Å². The molecule has 0 unspecified atom stereocenters. The molecule has 34 heavy (non-hydrogen) atoms. The van der Waals surface area contributed by atoms with Gasteiger partial charge in [0.1, 0.15) is 24.4 Å². The van der Waals surface area contributed by atoms with Crippen molar-refractivity contribution in [3.05, 3.63) is 0 Å². The van der Waals surface area contributed by atoms with Gasteiger partial charge in [-0.25, -0.2) is 13.2 Å².